The predicted molar refractivity (Wildman–Crippen MR) is 115 cm³/mol. The number of carbonyl (C=O) groups excluding carboxylic acids is 1. The molecule has 3 aromatic rings. The summed E-state index contributed by atoms with van der Waals surface area (Å²) in [5.41, 5.74) is 1.21. The minimum Gasteiger partial charge on any atom is -0.497 e. The topological polar surface area (TPSA) is 82.5 Å². The zero-order valence-electron chi connectivity index (χ0n) is 16.6. The van der Waals surface area contributed by atoms with Crippen LogP contribution in [-0.4, -0.2) is 35.4 Å². The lowest BCUT2D eigenvalue weighted by atomic mass is 10.2. The number of ether oxygens (including phenoxy) is 2. The van der Waals surface area contributed by atoms with Crippen molar-refractivity contribution >= 4 is 34.3 Å². The molecule has 1 N–H and O–H groups in total. The number of hydrogen-bond donors (Lipinski definition) is 1. The summed E-state index contributed by atoms with van der Waals surface area (Å²) in [6.07, 6.45) is 0.274. The van der Waals surface area contributed by atoms with Crippen LogP contribution >= 0.6 is 11.8 Å². The number of methoxy groups -OCH3 is 2. The Morgan fingerprint density at radius 2 is 1.83 bits per heavy atom. The first-order valence-corrected chi connectivity index (χ1v) is 10.2. The molecular formula is C21H23N3O4S. The standard InChI is InChI=1S/C21H23N3O4S/c1-4-24-20(26)17-7-5-6-8-18(17)23-21(24)29-10-9-19(25)22-14-11-15(27-2)13-16(12-14)28-3/h5-8,11-13H,4,9-10H2,1-3H3,(H,22,25). The van der Waals surface area contributed by atoms with E-state index in [4.69, 9.17) is 9.47 Å². The monoisotopic (exact) mass is 413 g/mol. The van der Waals surface area contributed by atoms with Crippen molar-refractivity contribution in [1.29, 1.82) is 0 Å². The van der Waals surface area contributed by atoms with Gasteiger partial charge in [0.25, 0.3) is 5.56 Å². The van der Waals surface area contributed by atoms with E-state index >= 15 is 0 Å². The van der Waals surface area contributed by atoms with Crippen molar-refractivity contribution in [3.8, 4) is 11.5 Å². The Balaban J connectivity index is 1.67. The summed E-state index contributed by atoms with van der Waals surface area (Å²) in [7, 11) is 3.11. The lowest BCUT2D eigenvalue weighted by Gasteiger charge is -2.12. The van der Waals surface area contributed by atoms with Crippen molar-refractivity contribution in [1.82, 2.24) is 9.55 Å². The highest BCUT2D eigenvalue weighted by Crippen LogP contribution is 2.26. The molecule has 8 heteroatoms. The minimum absolute atomic E-state index is 0.0615. The summed E-state index contributed by atoms with van der Waals surface area (Å²) in [5, 5.41) is 4.06. The average Bonchev–Trinajstić information content (AvgIpc) is 2.73. The lowest BCUT2D eigenvalue weighted by molar-refractivity contribution is -0.115. The van der Waals surface area contributed by atoms with Crippen LogP contribution in [0.15, 0.2) is 52.4 Å². The molecule has 0 fully saturated rings. The SMILES string of the molecule is CCn1c(SCCC(=O)Nc2cc(OC)cc(OC)c2)nc2ccccc2c1=O. The Labute approximate surface area is 173 Å². The highest BCUT2D eigenvalue weighted by atomic mass is 32.2. The summed E-state index contributed by atoms with van der Waals surface area (Å²) < 4.78 is 12.1. The molecule has 1 aromatic heterocycles. The van der Waals surface area contributed by atoms with Crippen LogP contribution in [0.3, 0.4) is 0 Å². The Morgan fingerprint density at radius 1 is 1.14 bits per heavy atom. The van der Waals surface area contributed by atoms with Crippen molar-refractivity contribution in [2.75, 3.05) is 25.3 Å². The first kappa shape index (κ1) is 20.7. The molecule has 0 saturated carbocycles. The molecule has 0 aliphatic heterocycles. The van der Waals surface area contributed by atoms with E-state index in [1.54, 1.807) is 43.1 Å². The molecule has 1 heterocycles. The quantitative estimate of drug-likeness (QED) is 0.449. The molecule has 2 aromatic carbocycles. The van der Waals surface area contributed by atoms with Gasteiger partial charge in [0, 0.05) is 42.6 Å². The molecule has 29 heavy (non-hydrogen) atoms. The van der Waals surface area contributed by atoms with Crippen molar-refractivity contribution < 1.29 is 14.3 Å². The van der Waals surface area contributed by atoms with Gasteiger partial charge in [-0.05, 0) is 19.1 Å². The number of carbonyl (C=O) groups is 1. The second kappa shape index (κ2) is 9.47. The Bertz CT molecular complexity index is 1060. The summed E-state index contributed by atoms with van der Waals surface area (Å²) in [5.74, 6) is 1.55. The van der Waals surface area contributed by atoms with Crippen LogP contribution in [0, 0.1) is 0 Å². The average molecular weight is 413 g/mol. The highest BCUT2D eigenvalue weighted by molar-refractivity contribution is 7.99. The minimum atomic E-state index is -0.140. The zero-order chi connectivity index (χ0) is 20.8. The van der Waals surface area contributed by atoms with Crippen LogP contribution in [0.25, 0.3) is 10.9 Å². The van der Waals surface area contributed by atoms with Crippen LogP contribution < -0.4 is 20.3 Å². The number of para-hydroxylation sites is 1. The largest absolute Gasteiger partial charge is 0.497 e. The normalized spacial score (nSPS) is 10.7. The van der Waals surface area contributed by atoms with E-state index < -0.39 is 0 Å². The van der Waals surface area contributed by atoms with E-state index in [0.29, 0.717) is 45.5 Å². The van der Waals surface area contributed by atoms with Crippen molar-refractivity contribution in [3.05, 3.63) is 52.8 Å². The Hall–Kier alpha value is -3.00. The van der Waals surface area contributed by atoms with Gasteiger partial charge >= 0.3 is 0 Å². The van der Waals surface area contributed by atoms with Gasteiger partial charge in [0.1, 0.15) is 11.5 Å². The molecule has 0 radical (unpaired) electrons. The predicted octanol–water partition coefficient (Wildman–Crippen LogP) is 3.55. The number of nitrogens with one attached hydrogen (secondary N) is 1. The maximum atomic E-state index is 12.6. The molecule has 0 saturated heterocycles. The summed E-state index contributed by atoms with van der Waals surface area (Å²) in [6, 6.07) is 12.5. The number of nitrogens with zero attached hydrogens (tertiary/aromatic N) is 2. The third kappa shape index (κ3) is 4.89. The number of amides is 1. The van der Waals surface area contributed by atoms with Crippen LogP contribution in [0.1, 0.15) is 13.3 Å². The second-order valence-corrected chi connectivity index (χ2v) is 7.27. The van der Waals surface area contributed by atoms with Gasteiger partial charge < -0.3 is 14.8 Å². The zero-order valence-corrected chi connectivity index (χ0v) is 17.4. The highest BCUT2D eigenvalue weighted by Gasteiger charge is 2.12. The van der Waals surface area contributed by atoms with E-state index in [1.165, 1.54) is 11.8 Å². The fraction of sp³-hybridized carbons (Fsp3) is 0.286. The molecule has 7 nitrogen and oxygen atoms in total. The van der Waals surface area contributed by atoms with Crippen LogP contribution in [-0.2, 0) is 11.3 Å². The van der Waals surface area contributed by atoms with Gasteiger partial charge in [0.2, 0.25) is 5.91 Å². The maximum absolute atomic E-state index is 12.6. The Morgan fingerprint density at radius 3 is 2.48 bits per heavy atom. The van der Waals surface area contributed by atoms with E-state index in [2.05, 4.69) is 10.3 Å². The molecule has 0 atom stereocenters. The van der Waals surface area contributed by atoms with Gasteiger partial charge in [0.05, 0.1) is 25.1 Å². The van der Waals surface area contributed by atoms with Gasteiger partial charge in [-0.15, -0.1) is 0 Å². The van der Waals surface area contributed by atoms with E-state index in [9.17, 15) is 9.59 Å². The van der Waals surface area contributed by atoms with E-state index in [1.807, 2.05) is 25.1 Å². The molecule has 0 unspecified atom stereocenters. The molecule has 0 aliphatic carbocycles. The van der Waals surface area contributed by atoms with Crippen molar-refractivity contribution in [2.24, 2.45) is 0 Å². The summed E-state index contributed by atoms with van der Waals surface area (Å²) in [6.45, 7) is 2.43. The van der Waals surface area contributed by atoms with Gasteiger partial charge in [-0.1, -0.05) is 23.9 Å². The number of fused-ring (bicyclic) bond motifs is 1. The Kier molecular flexibility index (Phi) is 6.77. The van der Waals surface area contributed by atoms with Gasteiger partial charge in [-0.3, -0.25) is 14.2 Å². The number of aromatic nitrogens is 2. The fourth-order valence-electron chi connectivity index (χ4n) is 2.87. The number of rotatable bonds is 8. The number of anilines is 1. The molecule has 0 aliphatic rings. The number of hydrogen-bond acceptors (Lipinski definition) is 6. The first-order valence-electron chi connectivity index (χ1n) is 9.21. The lowest BCUT2D eigenvalue weighted by Crippen LogP contribution is -2.22. The second-order valence-electron chi connectivity index (χ2n) is 6.21. The smallest absolute Gasteiger partial charge is 0.262 e. The van der Waals surface area contributed by atoms with Crippen molar-refractivity contribution in [3.63, 3.8) is 0 Å². The van der Waals surface area contributed by atoms with Gasteiger partial charge in [-0.2, -0.15) is 0 Å². The molecule has 3 rings (SSSR count). The third-order valence-electron chi connectivity index (χ3n) is 4.34. The molecule has 0 bridgehead atoms. The molecule has 0 spiro atoms. The van der Waals surface area contributed by atoms with Crippen molar-refractivity contribution in [2.45, 2.75) is 25.0 Å². The molecule has 1 amide bonds. The summed E-state index contributed by atoms with van der Waals surface area (Å²) in [4.78, 5) is 29.6. The number of benzene rings is 2. The van der Waals surface area contributed by atoms with Crippen LogP contribution in [0.5, 0.6) is 11.5 Å². The van der Waals surface area contributed by atoms with Gasteiger partial charge in [0.15, 0.2) is 5.16 Å². The molecule has 152 valence electrons. The van der Waals surface area contributed by atoms with Crippen LogP contribution in [0.2, 0.25) is 0 Å². The molecular weight excluding hydrogens is 390 g/mol. The van der Waals surface area contributed by atoms with E-state index in [0.717, 1.165) is 0 Å². The summed E-state index contributed by atoms with van der Waals surface area (Å²) >= 11 is 1.40. The van der Waals surface area contributed by atoms with Crippen LogP contribution in [0.4, 0.5) is 5.69 Å². The third-order valence-corrected chi connectivity index (χ3v) is 5.32. The first-order chi connectivity index (χ1) is 14.0. The van der Waals surface area contributed by atoms with E-state index in [-0.39, 0.29) is 17.9 Å². The number of thioether (sulfide) groups is 1. The van der Waals surface area contributed by atoms with Gasteiger partial charge in [-0.25, -0.2) is 4.98 Å². The maximum Gasteiger partial charge on any atom is 0.262 e. The fourth-order valence-corrected chi connectivity index (χ4v) is 3.88.